The van der Waals surface area contributed by atoms with Crippen LogP contribution < -0.4 is 0 Å². The van der Waals surface area contributed by atoms with Crippen LogP contribution in [-0.2, 0) is 6.42 Å². The lowest BCUT2D eigenvalue weighted by Gasteiger charge is -2.19. The summed E-state index contributed by atoms with van der Waals surface area (Å²) in [6, 6.07) is 12.5. The van der Waals surface area contributed by atoms with E-state index in [9.17, 15) is 9.50 Å². The van der Waals surface area contributed by atoms with Crippen LogP contribution in [-0.4, -0.2) is 17.0 Å². The van der Waals surface area contributed by atoms with Crippen LogP contribution in [0.5, 0.6) is 0 Å². The number of halogens is 2. The van der Waals surface area contributed by atoms with Gasteiger partial charge in [0.05, 0.1) is 6.10 Å². The molecule has 1 aliphatic heterocycles. The maximum atomic E-state index is 13.0. The highest BCUT2D eigenvalue weighted by Crippen LogP contribution is 2.41. The Kier molecular flexibility index (Phi) is 4.01. The number of benzene rings is 2. The van der Waals surface area contributed by atoms with Crippen molar-refractivity contribution in [1.82, 2.24) is 0 Å². The van der Waals surface area contributed by atoms with E-state index >= 15 is 0 Å². The smallest absolute Gasteiger partial charge is 0.124 e. The van der Waals surface area contributed by atoms with Gasteiger partial charge in [-0.05, 0) is 29.3 Å². The molecule has 1 aliphatic rings. The average molecular weight is 309 g/mol. The van der Waals surface area contributed by atoms with Gasteiger partial charge in [0, 0.05) is 28.0 Å². The van der Waals surface area contributed by atoms with Gasteiger partial charge in [-0.1, -0.05) is 35.9 Å². The summed E-state index contributed by atoms with van der Waals surface area (Å²) >= 11 is 7.79. The molecule has 2 aromatic carbocycles. The second-order valence-electron chi connectivity index (χ2n) is 4.96. The van der Waals surface area contributed by atoms with E-state index in [4.69, 9.17) is 11.6 Å². The van der Waals surface area contributed by atoms with Crippen molar-refractivity contribution in [3.63, 3.8) is 0 Å². The molecule has 0 radical (unpaired) electrons. The zero-order valence-corrected chi connectivity index (χ0v) is 12.3. The molecule has 3 rings (SSSR count). The lowest BCUT2D eigenvalue weighted by Crippen LogP contribution is -2.21. The lowest BCUT2D eigenvalue weighted by atomic mass is 9.91. The van der Waals surface area contributed by atoms with Gasteiger partial charge in [0.15, 0.2) is 0 Å². The van der Waals surface area contributed by atoms with E-state index in [2.05, 4.69) is 12.1 Å². The number of thioether (sulfide) groups is 1. The van der Waals surface area contributed by atoms with Crippen LogP contribution in [0.1, 0.15) is 17.0 Å². The largest absolute Gasteiger partial charge is 0.392 e. The summed E-state index contributed by atoms with van der Waals surface area (Å²) in [5.41, 5.74) is 1.98. The number of hydrogen-bond donors (Lipinski definition) is 1. The molecule has 1 N–H and O–H groups in total. The van der Waals surface area contributed by atoms with E-state index in [1.54, 1.807) is 17.8 Å². The molecule has 0 fully saturated rings. The molecular formula is C16H14ClFOS. The maximum absolute atomic E-state index is 13.0. The first-order valence-corrected chi connectivity index (χ1v) is 7.85. The fraction of sp³-hybridized carbons (Fsp3) is 0.250. The number of fused-ring (bicyclic) bond motifs is 1. The molecule has 20 heavy (non-hydrogen) atoms. The van der Waals surface area contributed by atoms with E-state index in [-0.39, 0.29) is 11.7 Å². The maximum Gasteiger partial charge on any atom is 0.124 e. The van der Waals surface area contributed by atoms with Crippen molar-refractivity contribution in [2.45, 2.75) is 23.3 Å². The summed E-state index contributed by atoms with van der Waals surface area (Å²) in [4.78, 5) is 1.24. The summed E-state index contributed by atoms with van der Waals surface area (Å²) in [5.74, 6) is 0.631. The highest BCUT2D eigenvalue weighted by molar-refractivity contribution is 7.99. The van der Waals surface area contributed by atoms with Crippen LogP contribution in [0.15, 0.2) is 47.4 Å². The molecule has 0 aromatic heterocycles. The van der Waals surface area contributed by atoms with Crippen molar-refractivity contribution in [2.24, 2.45) is 0 Å². The lowest BCUT2D eigenvalue weighted by molar-refractivity contribution is 0.151. The molecule has 1 heterocycles. The Morgan fingerprint density at radius 2 is 2.10 bits per heavy atom. The van der Waals surface area contributed by atoms with Crippen molar-refractivity contribution in [3.05, 3.63) is 64.4 Å². The van der Waals surface area contributed by atoms with Crippen molar-refractivity contribution >= 4 is 23.4 Å². The minimum Gasteiger partial charge on any atom is -0.392 e. The van der Waals surface area contributed by atoms with Gasteiger partial charge >= 0.3 is 0 Å². The molecule has 0 spiro atoms. The standard InChI is InChI=1S/C16H14ClFOS/c17-14-8-11(18)6-5-10(14)7-15(19)13-9-20-16-4-2-1-3-12(13)16/h1-6,8,13,15,19H,7,9H2. The van der Waals surface area contributed by atoms with Crippen molar-refractivity contribution < 1.29 is 9.50 Å². The third-order valence-electron chi connectivity index (χ3n) is 3.65. The van der Waals surface area contributed by atoms with E-state index in [1.807, 2.05) is 12.1 Å². The molecule has 2 aromatic rings. The normalized spacial score (nSPS) is 18.9. The average Bonchev–Trinajstić information content (AvgIpc) is 2.86. The molecule has 4 heteroatoms. The third-order valence-corrected chi connectivity index (χ3v) is 5.21. The highest BCUT2D eigenvalue weighted by atomic mass is 35.5. The van der Waals surface area contributed by atoms with Crippen molar-refractivity contribution in [2.75, 3.05) is 5.75 Å². The molecule has 0 saturated carbocycles. The van der Waals surface area contributed by atoms with Gasteiger partial charge in [-0.3, -0.25) is 0 Å². The van der Waals surface area contributed by atoms with Crippen LogP contribution in [0.3, 0.4) is 0 Å². The zero-order chi connectivity index (χ0) is 14.1. The van der Waals surface area contributed by atoms with E-state index in [1.165, 1.54) is 22.6 Å². The molecule has 0 saturated heterocycles. The zero-order valence-electron chi connectivity index (χ0n) is 10.7. The second-order valence-corrected chi connectivity index (χ2v) is 6.43. The fourth-order valence-electron chi connectivity index (χ4n) is 2.56. The Labute approximate surface area is 126 Å². The first-order valence-electron chi connectivity index (χ1n) is 6.49. The van der Waals surface area contributed by atoms with Gasteiger partial charge in [0.2, 0.25) is 0 Å². The molecule has 1 nitrogen and oxygen atoms in total. The van der Waals surface area contributed by atoms with Crippen LogP contribution in [0.2, 0.25) is 5.02 Å². The SMILES string of the molecule is OC(Cc1ccc(F)cc1Cl)C1CSc2ccccc21. The molecule has 0 aliphatic carbocycles. The monoisotopic (exact) mass is 308 g/mol. The minimum absolute atomic E-state index is 0.109. The Balaban J connectivity index is 1.79. The summed E-state index contributed by atoms with van der Waals surface area (Å²) in [6.07, 6.45) is -0.0623. The predicted octanol–water partition coefficient (Wildman–Crippen LogP) is 4.27. The number of rotatable bonds is 3. The molecule has 2 unspecified atom stereocenters. The minimum atomic E-state index is -0.505. The van der Waals surface area contributed by atoms with Crippen LogP contribution >= 0.6 is 23.4 Å². The summed E-state index contributed by atoms with van der Waals surface area (Å²) in [6.45, 7) is 0. The Morgan fingerprint density at radius 1 is 1.30 bits per heavy atom. The summed E-state index contributed by atoms with van der Waals surface area (Å²) < 4.78 is 13.0. The molecular weight excluding hydrogens is 295 g/mol. The van der Waals surface area contributed by atoms with Crippen LogP contribution in [0, 0.1) is 5.82 Å². The number of aliphatic hydroxyl groups is 1. The van der Waals surface area contributed by atoms with Gasteiger partial charge in [-0.15, -0.1) is 11.8 Å². The van der Waals surface area contributed by atoms with Crippen molar-refractivity contribution in [3.8, 4) is 0 Å². The van der Waals surface area contributed by atoms with Gasteiger partial charge in [0.1, 0.15) is 5.82 Å². The summed E-state index contributed by atoms with van der Waals surface area (Å²) in [5, 5.41) is 10.9. The van der Waals surface area contributed by atoms with Gasteiger partial charge in [-0.2, -0.15) is 0 Å². The highest BCUT2D eigenvalue weighted by Gasteiger charge is 2.29. The molecule has 104 valence electrons. The van der Waals surface area contributed by atoms with Crippen LogP contribution in [0.25, 0.3) is 0 Å². The Bertz CT molecular complexity index is 632. The summed E-state index contributed by atoms with van der Waals surface area (Å²) in [7, 11) is 0. The van der Waals surface area contributed by atoms with E-state index in [0.717, 1.165) is 11.3 Å². The molecule has 0 amide bonds. The molecule has 2 atom stereocenters. The fourth-order valence-corrected chi connectivity index (χ4v) is 4.13. The first-order chi connectivity index (χ1) is 9.65. The van der Waals surface area contributed by atoms with Crippen molar-refractivity contribution in [1.29, 1.82) is 0 Å². The Hall–Kier alpha value is -1.03. The van der Waals surface area contributed by atoms with Gasteiger partial charge in [0.25, 0.3) is 0 Å². The topological polar surface area (TPSA) is 20.2 Å². The van der Waals surface area contributed by atoms with Gasteiger partial charge in [-0.25, -0.2) is 4.39 Å². The second kappa shape index (κ2) is 5.76. The first kappa shape index (κ1) is 13.9. The number of hydrogen-bond acceptors (Lipinski definition) is 2. The van der Waals surface area contributed by atoms with Gasteiger partial charge < -0.3 is 5.11 Å². The quantitative estimate of drug-likeness (QED) is 0.913. The van der Waals surface area contributed by atoms with E-state index < -0.39 is 6.10 Å². The predicted molar refractivity (Wildman–Crippen MR) is 81.0 cm³/mol. The van der Waals surface area contributed by atoms with Crippen LogP contribution in [0.4, 0.5) is 4.39 Å². The number of aliphatic hydroxyl groups excluding tert-OH is 1. The Morgan fingerprint density at radius 3 is 2.90 bits per heavy atom. The van der Waals surface area contributed by atoms with E-state index in [0.29, 0.717) is 11.4 Å². The third kappa shape index (κ3) is 2.71. The molecule has 0 bridgehead atoms.